The van der Waals surface area contributed by atoms with Gasteiger partial charge in [-0.15, -0.1) is 0 Å². The zero-order valence-corrected chi connectivity index (χ0v) is 12.2. The highest BCUT2D eigenvalue weighted by Crippen LogP contribution is 2.09. The molecule has 1 aromatic carbocycles. The highest BCUT2D eigenvalue weighted by molar-refractivity contribution is 5.92. The average Bonchev–Trinajstić information content (AvgIpc) is 2.73. The third kappa shape index (κ3) is 4.77. The Hall–Kier alpha value is -2.02. The molecule has 0 radical (unpaired) electrons. The SMILES string of the molecule is O=C(CN1CCCN(C(=O)C(F)F)CC1)Nc1ccccc1. The van der Waals surface area contributed by atoms with E-state index in [1.165, 1.54) is 4.90 Å². The van der Waals surface area contributed by atoms with Gasteiger partial charge < -0.3 is 10.2 Å². The van der Waals surface area contributed by atoms with E-state index in [0.29, 0.717) is 26.1 Å². The number of hydrogen-bond donors (Lipinski definition) is 1. The lowest BCUT2D eigenvalue weighted by Gasteiger charge is -2.21. The Bertz CT molecular complexity index is 511. The van der Waals surface area contributed by atoms with Crippen LogP contribution in [0.2, 0.25) is 0 Å². The molecule has 0 atom stereocenters. The molecule has 0 saturated carbocycles. The van der Waals surface area contributed by atoms with Crippen molar-refractivity contribution in [3.63, 3.8) is 0 Å². The van der Waals surface area contributed by atoms with E-state index in [4.69, 9.17) is 0 Å². The van der Waals surface area contributed by atoms with Crippen molar-refractivity contribution in [1.82, 2.24) is 9.80 Å². The molecule has 1 N–H and O–H groups in total. The van der Waals surface area contributed by atoms with Crippen molar-refractivity contribution < 1.29 is 18.4 Å². The lowest BCUT2D eigenvalue weighted by atomic mass is 10.3. The average molecular weight is 311 g/mol. The van der Waals surface area contributed by atoms with E-state index in [9.17, 15) is 18.4 Å². The summed E-state index contributed by atoms with van der Waals surface area (Å²) in [5.74, 6) is -1.28. The molecule has 1 saturated heterocycles. The van der Waals surface area contributed by atoms with Gasteiger partial charge in [-0.2, -0.15) is 8.78 Å². The van der Waals surface area contributed by atoms with Crippen molar-refractivity contribution in [3.8, 4) is 0 Å². The van der Waals surface area contributed by atoms with Gasteiger partial charge in [0.1, 0.15) is 0 Å². The quantitative estimate of drug-likeness (QED) is 0.915. The fourth-order valence-electron chi connectivity index (χ4n) is 2.41. The zero-order valence-electron chi connectivity index (χ0n) is 12.2. The maximum Gasteiger partial charge on any atom is 0.315 e. The van der Waals surface area contributed by atoms with E-state index in [-0.39, 0.29) is 19.0 Å². The predicted molar refractivity (Wildman–Crippen MR) is 78.7 cm³/mol. The van der Waals surface area contributed by atoms with Crippen LogP contribution in [-0.2, 0) is 9.59 Å². The topological polar surface area (TPSA) is 52.7 Å². The third-order valence-electron chi connectivity index (χ3n) is 3.51. The third-order valence-corrected chi connectivity index (χ3v) is 3.51. The number of halogens is 2. The molecule has 1 aliphatic heterocycles. The van der Waals surface area contributed by atoms with E-state index in [0.717, 1.165) is 5.69 Å². The summed E-state index contributed by atoms with van der Waals surface area (Å²) in [6.45, 7) is 1.74. The fraction of sp³-hybridized carbons (Fsp3) is 0.467. The van der Waals surface area contributed by atoms with Gasteiger partial charge in [0, 0.05) is 31.9 Å². The van der Waals surface area contributed by atoms with Crippen LogP contribution >= 0.6 is 0 Å². The van der Waals surface area contributed by atoms with E-state index < -0.39 is 12.3 Å². The molecule has 2 rings (SSSR count). The van der Waals surface area contributed by atoms with Gasteiger partial charge in [-0.3, -0.25) is 14.5 Å². The Morgan fingerprint density at radius 1 is 1.09 bits per heavy atom. The van der Waals surface area contributed by atoms with Crippen LogP contribution in [0.4, 0.5) is 14.5 Å². The molecule has 0 bridgehead atoms. The van der Waals surface area contributed by atoms with Gasteiger partial charge in [-0.05, 0) is 18.6 Å². The number of rotatable bonds is 4. The number of nitrogens with zero attached hydrogens (tertiary/aromatic N) is 2. The Morgan fingerprint density at radius 2 is 1.82 bits per heavy atom. The number of hydrogen-bond acceptors (Lipinski definition) is 3. The number of anilines is 1. The second kappa shape index (κ2) is 7.84. The fourth-order valence-corrected chi connectivity index (χ4v) is 2.41. The molecule has 1 heterocycles. The largest absolute Gasteiger partial charge is 0.336 e. The molecular weight excluding hydrogens is 292 g/mol. The summed E-state index contributed by atoms with van der Waals surface area (Å²) in [6, 6.07) is 9.11. The molecule has 0 spiro atoms. The molecule has 1 aromatic rings. The highest BCUT2D eigenvalue weighted by atomic mass is 19.3. The Balaban J connectivity index is 1.81. The van der Waals surface area contributed by atoms with Crippen molar-refractivity contribution in [2.24, 2.45) is 0 Å². The Morgan fingerprint density at radius 3 is 2.50 bits per heavy atom. The maximum atomic E-state index is 12.4. The summed E-state index contributed by atoms with van der Waals surface area (Å²) in [5.41, 5.74) is 0.719. The molecule has 120 valence electrons. The van der Waals surface area contributed by atoms with Crippen LogP contribution in [0.5, 0.6) is 0 Å². The number of amides is 2. The number of benzene rings is 1. The second-order valence-electron chi connectivity index (χ2n) is 5.17. The van der Waals surface area contributed by atoms with Crippen LogP contribution in [0.3, 0.4) is 0 Å². The van der Waals surface area contributed by atoms with Crippen molar-refractivity contribution in [1.29, 1.82) is 0 Å². The lowest BCUT2D eigenvalue weighted by molar-refractivity contribution is -0.142. The van der Waals surface area contributed by atoms with E-state index in [2.05, 4.69) is 5.32 Å². The summed E-state index contributed by atoms with van der Waals surface area (Å²) in [4.78, 5) is 26.3. The Kier molecular flexibility index (Phi) is 5.83. The number of carbonyl (C=O) groups excluding carboxylic acids is 2. The van der Waals surface area contributed by atoms with Gasteiger partial charge in [0.05, 0.1) is 6.54 Å². The minimum Gasteiger partial charge on any atom is -0.336 e. The minimum atomic E-state index is -2.96. The van der Waals surface area contributed by atoms with Crippen LogP contribution < -0.4 is 5.32 Å². The van der Waals surface area contributed by atoms with Crippen LogP contribution in [0, 0.1) is 0 Å². The normalized spacial score (nSPS) is 16.4. The van der Waals surface area contributed by atoms with Gasteiger partial charge in [-0.25, -0.2) is 0 Å². The number of nitrogens with one attached hydrogen (secondary N) is 1. The standard InChI is InChI=1S/C15H19F2N3O2/c16-14(17)15(22)20-8-4-7-19(9-10-20)11-13(21)18-12-5-2-1-3-6-12/h1-3,5-6,14H,4,7-11H2,(H,18,21). The predicted octanol–water partition coefficient (Wildman–Crippen LogP) is 1.42. The first-order chi connectivity index (χ1) is 10.6. The monoisotopic (exact) mass is 311 g/mol. The summed E-state index contributed by atoms with van der Waals surface area (Å²) in [5, 5.41) is 2.78. The van der Waals surface area contributed by atoms with Crippen molar-refractivity contribution in [2.45, 2.75) is 12.8 Å². The van der Waals surface area contributed by atoms with E-state index in [1.54, 1.807) is 12.1 Å². The first-order valence-corrected chi connectivity index (χ1v) is 7.20. The summed E-state index contributed by atoms with van der Waals surface area (Å²) >= 11 is 0. The molecular formula is C15H19F2N3O2. The highest BCUT2D eigenvalue weighted by Gasteiger charge is 2.25. The molecule has 2 amide bonds. The van der Waals surface area contributed by atoms with Crippen LogP contribution in [-0.4, -0.2) is 60.8 Å². The summed E-state index contributed by atoms with van der Waals surface area (Å²) in [6.07, 6.45) is -2.38. The van der Waals surface area contributed by atoms with Crippen LogP contribution in [0.1, 0.15) is 6.42 Å². The van der Waals surface area contributed by atoms with Gasteiger partial charge in [-0.1, -0.05) is 18.2 Å². The molecule has 0 aromatic heterocycles. The smallest absolute Gasteiger partial charge is 0.315 e. The molecule has 0 aliphatic carbocycles. The van der Waals surface area contributed by atoms with Crippen molar-refractivity contribution >= 4 is 17.5 Å². The lowest BCUT2D eigenvalue weighted by Crippen LogP contribution is -2.40. The van der Waals surface area contributed by atoms with Crippen molar-refractivity contribution in [2.75, 3.05) is 38.0 Å². The van der Waals surface area contributed by atoms with Gasteiger partial charge >= 0.3 is 6.43 Å². The van der Waals surface area contributed by atoms with E-state index in [1.807, 2.05) is 23.1 Å². The number of alkyl halides is 2. The maximum absolute atomic E-state index is 12.4. The molecule has 7 heteroatoms. The summed E-state index contributed by atoms with van der Waals surface area (Å²) in [7, 11) is 0. The minimum absolute atomic E-state index is 0.153. The number of para-hydroxylation sites is 1. The van der Waals surface area contributed by atoms with E-state index >= 15 is 0 Å². The van der Waals surface area contributed by atoms with Gasteiger partial charge in [0.2, 0.25) is 5.91 Å². The second-order valence-corrected chi connectivity index (χ2v) is 5.17. The van der Waals surface area contributed by atoms with Crippen LogP contribution in [0.15, 0.2) is 30.3 Å². The van der Waals surface area contributed by atoms with Crippen LogP contribution in [0.25, 0.3) is 0 Å². The first-order valence-electron chi connectivity index (χ1n) is 7.20. The molecule has 5 nitrogen and oxygen atoms in total. The number of carbonyl (C=O) groups is 2. The van der Waals surface area contributed by atoms with Gasteiger partial charge in [0.15, 0.2) is 0 Å². The molecule has 1 aliphatic rings. The zero-order chi connectivity index (χ0) is 15.9. The molecule has 1 fully saturated rings. The van der Waals surface area contributed by atoms with Gasteiger partial charge in [0.25, 0.3) is 5.91 Å². The summed E-state index contributed by atoms with van der Waals surface area (Å²) < 4.78 is 24.9. The molecule has 22 heavy (non-hydrogen) atoms. The van der Waals surface area contributed by atoms with Crippen molar-refractivity contribution in [3.05, 3.63) is 30.3 Å². The first kappa shape index (κ1) is 16.4. The molecule has 0 unspecified atom stereocenters. The Labute approximate surface area is 127 Å².